The van der Waals surface area contributed by atoms with Gasteiger partial charge in [0.05, 0.1) is 6.20 Å². The smallest absolute Gasteiger partial charge is 0.292 e. The first-order valence-corrected chi connectivity index (χ1v) is 6.25. The third-order valence-corrected chi connectivity index (χ3v) is 3.05. The van der Waals surface area contributed by atoms with Crippen molar-refractivity contribution >= 4 is 6.01 Å². The molecule has 18 heavy (non-hydrogen) atoms. The van der Waals surface area contributed by atoms with Gasteiger partial charge >= 0.3 is 0 Å². The first kappa shape index (κ1) is 12.7. The van der Waals surface area contributed by atoms with E-state index in [1.54, 1.807) is 6.20 Å². The lowest BCUT2D eigenvalue weighted by molar-refractivity contribution is 0.521. The number of benzene rings is 1. The van der Waals surface area contributed by atoms with Crippen LogP contribution in [-0.4, -0.2) is 4.98 Å². The zero-order valence-corrected chi connectivity index (χ0v) is 11.2. The largest absolute Gasteiger partial charge is 0.429 e. The van der Waals surface area contributed by atoms with Crippen LogP contribution < -0.4 is 5.73 Å². The quantitative estimate of drug-likeness (QED) is 0.901. The third-order valence-electron chi connectivity index (χ3n) is 3.05. The van der Waals surface area contributed by atoms with Gasteiger partial charge in [-0.2, -0.15) is 0 Å². The summed E-state index contributed by atoms with van der Waals surface area (Å²) in [5.41, 5.74) is 8.30. The van der Waals surface area contributed by atoms with Crippen molar-refractivity contribution in [2.75, 3.05) is 5.73 Å². The van der Waals surface area contributed by atoms with Gasteiger partial charge in [0.25, 0.3) is 6.01 Å². The highest BCUT2D eigenvalue weighted by molar-refractivity contribution is 5.28. The second kappa shape index (κ2) is 4.84. The highest BCUT2D eigenvalue weighted by Gasteiger charge is 2.12. The second-order valence-electron chi connectivity index (χ2n) is 5.61. The van der Waals surface area contributed by atoms with Gasteiger partial charge < -0.3 is 10.2 Å². The summed E-state index contributed by atoms with van der Waals surface area (Å²) in [6.45, 7) is 6.66. The maximum absolute atomic E-state index is 5.44. The number of anilines is 1. The van der Waals surface area contributed by atoms with E-state index in [0.717, 1.165) is 18.6 Å². The van der Waals surface area contributed by atoms with E-state index >= 15 is 0 Å². The topological polar surface area (TPSA) is 52.0 Å². The maximum atomic E-state index is 5.44. The number of oxazole rings is 1. The van der Waals surface area contributed by atoms with Crippen LogP contribution in [0.3, 0.4) is 0 Å². The van der Waals surface area contributed by atoms with E-state index in [-0.39, 0.29) is 11.4 Å². The SMILES string of the molecule is CC(C)(C)c1ccc(CCc2cnc(N)o2)cc1. The number of aryl methyl sites for hydroxylation is 2. The molecule has 0 atom stereocenters. The van der Waals surface area contributed by atoms with Crippen molar-refractivity contribution in [1.82, 2.24) is 4.98 Å². The highest BCUT2D eigenvalue weighted by atomic mass is 16.4. The Bertz CT molecular complexity index is 506. The Balaban J connectivity index is 1.98. The summed E-state index contributed by atoms with van der Waals surface area (Å²) in [5.74, 6) is 0.840. The highest BCUT2D eigenvalue weighted by Crippen LogP contribution is 2.22. The van der Waals surface area contributed by atoms with Crippen molar-refractivity contribution in [3.8, 4) is 0 Å². The van der Waals surface area contributed by atoms with Crippen LogP contribution in [0.5, 0.6) is 0 Å². The molecule has 0 amide bonds. The number of aromatic nitrogens is 1. The fourth-order valence-electron chi connectivity index (χ4n) is 1.88. The minimum atomic E-state index is 0.206. The molecule has 1 aromatic carbocycles. The Labute approximate surface area is 108 Å². The van der Waals surface area contributed by atoms with Gasteiger partial charge in [-0.05, 0) is 23.0 Å². The third kappa shape index (κ3) is 3.13. The molecule has 0 saturated heterocycles. The van der Waals surface area contributed by atoms with E-state index in [9.17, 15) is 0 Å². The molecule has 0 radical (unpaired) electrons. The Morgan fingerprint density at radius 3 is 2.28 bits per heavy atom. The van der Waals surface area contributed by atoms with Gasteiger partial charge in [-0.15, -0.1) is 0 Å². The van der Waals surface area contributed by atoms with E-state index in [1.165, 1.54) is 11.1 Å². The summed E-state index contributed by atoms with van der Waals surface area (Å²) in [4.78, 5) is 3.89. The molecule has 96 valence electrons. The zero-order valence-electron chi connectivity index (χ0n) is 11.2. The molecular weight excluding hydrogens is 224 g/mol. The number of nitrogen functional groups attached to an aromatic ring is 1. The predicted molar refractivity (Wildman–Crippen MR) is 73.5 cm³/mol. The van der Waals surface area contributed by atoms with Crippen molar-refractivity contribution in [2.45, 2.75) is 39.0 Å². The lowest BCUT2D eigenvalue weighted by Gasteiger charge is -2.19. The van der Waals surface area contributed by atoms with Crippen LogP contribution in [0.25, 0.3) is 0 Å². The normalized spacial score (nSPS) is 11.7. The average Bonchev–Trinajstić information content (AvgIpc) is 2.72. The molecule has 0 bridgehead atoms. The van der Waals surface area contributed by atoms with Crippen LogP contribution in [0.15, 0.2) is 34.9 Å². The van der Waals surface area contributed by atoms with Crippen LogP contribution in [-0.2, 0) is 18.3 Å². The number of nitrogens with zero attached hydrogens (tertiary/aromatic N) is 1. The lowest BCUT2D eigenvalue weighted by Crippen LogP contribution is -2.10. The molecule has 2 rings (SSSR count). The molecular formula is C15H20N2O. The van der Waals surface area contributed by atoms with Gasteiger partial charge in [-0.25, -0.2) is 4.98 Å². The molecule has 0 unspecified atom stereocenters. The number of rotatable bonds is 3. The number of hydrogen-bond acceptors (Lipinski definition) is 3. The van der Waals surface area contributed by atoms with Crippen LogP contribution in [0.1, 0.15) is 37.7 Å². The standard InChI is InChI=1S/C15H20N2O/c1-15(2,3)12-7-4-11(5-8-12)6-9-13-10-17-14(16)18-13/h4-5,7-8,10H,6,9H2,1-3H3,(H2,16,17). The van der Waals surface area contributed by atoms with E-state index in [0.29, 0.717) is 0 Å². The van der Waals surface area contributed by atoms with Crippen molar-refractivity contribution in [2.24, 2.45) is 0 Å². The van der Waals surface area contributed by atoms with Gasteiger partial charge in [-0.3, -0.25) is 0 Å². The summed E-state index contributed by atoms with van der Waals surface area (Å²) in [6, 6.07) is 9.00. The minimum Gasteiger partial charge on any atom is -0.429 e. The van der Waals surface area contributed by atoms with Gasteiger partial charge in [0.1, 0.15) is 5.76 Å². The molecule has 0 aliphatic heterocycles. The van der Waals surface area contributed by atoms with E-state index in [1.807, 2.05) is 0 Å². The lowest BCUT2D eigenvalue weighted by atomic mass is 9.86. The predicted octanol–water partition coefficient (Wildman–Crippen LogP) is 3.34. The summed E-state index contributed by atoms with van der Waals surface area (Å²) in [7, 11) is 0. The van der Waals surface area contributed by atoms with Gasteiger partial charge in [0.2, 0.25) is 0 Å². The molecule has 0 aliphatic rings. The average molecular weight is 244 g/mol. The molecule has 3 heteroatoms. The summed E-state index contributed by atoms with van der Waals surface area (Å²) in [6.07, 6.45) is 3.47. The van der Waals surface area contributed by atoms with Crippen LogP contribution in [0.4, 0.5) is 6.01 Å². The molecule has 3 nitrogen and oxygen atoms in total. The number of hydrogen-bond donors (Lipinski definition) is 1. The van der Waals surface area contributed by atoms with Crippen molar-refractivity contribution in [1.29, 1.82) is 0 Å². The van der Waals surface area contributed by atoms with Crippen LogP contribution in [0.2, 0.25) is 0 Å². The summed E-state index contributed by atoms with van der Waals surface area (Å²) < 4.78 is 5.25. The first-order chi connectivity index (χ1) is 8.45. The first-order valence-electron chi connectivity index (χ1n) is 6.25. The molecule has 0 fully saturated rings. The summed E-state index contributed by atoms with van der Waals surface area (Å²) >= 11 is 0. The molecule has 0 saturated carbocycles. The fraction of sp³-hybridized carbons (Fsp3) is 0.400. The molecule has 0 aliphatic carbocycles. The number of nitrogens with two attached hydrogens (primary N) is 1. The molecule has 1 heterocycles. The van der Waals surface area contributed by atoms with Crippen LogP contribution >= 0.6 is 0 Å². The maximum Gasteiger partial charge on any atom is 0.292 e. The Morgan fingerprint density at radius 1 is 1.11 bits per heavy atom. The van der Waals surface area contributed by atoms with Crippen LogP contribution in [0, 0.1) is 0 Å². The van der Waals surface area contributed by atoms with E-state index in [2.05, 4.69) is 50.0 Å². The Kier molecular flexibility index (Phi) is 3.41. The molecule has 2 aromatic rings. The Hall–Kier alpha value is -1.77. The fourth-order valence-corrected chi connectivity index (χ4v) is 1.88. The van der Waals surface area contributed by atoms with Crippen molar-refractivity contribution < 1.29 is 4.42 Å². The van der Waals surface area contributed by atoms with E-state index < -0.39 is 0 Å². The van der Waals surface area contributed by atoms with Crippen molar-refractivity contribution in [3.63, 3.8) is 0 Å². The molecule has 2 N–H and O–H groups in total. The van der Waals surface area contributed by atoms with Gasteiger partial charge in [-0.1, -0.05) is 45.0 Å². The minimum absolute atomic E-state index is 0.206. The zero-order chi connectivity index (χ0) is 13.2. The molecule has 1 aromatic heterocycles. The summed E-state index contributed by atoms with van der Waals surface area (Å²) in [5, 5.41) is 0. The van der Waals surface area contributed by atoms with E-state index in [4.69, 9.17) is 10.2 Å². The van der Waals surface area contributed by atoms with Gasteiger partial charge in [0.15, 0.2) is 0 Å². The second-order valence-corrected chi connectivity index (χ2v) is 5.61. The Morgan fingerprint density at radius 2 is 1.78 bits per heavy atom. The molecule has 0 spiro atoms. The van der Waals surface area contributed by atoms with Crippen molar-refractivity contribution in [3.05, 3.63) is 47.3 Å². The van der Waals surface area contributed by atoms with Gasteiger partial charge in [0, 0.05) is 6.42 Å². The monoisotopic (exact) mass is 244 g/mol.